The molecule has 2 aliphatic carbocycles. The van der Waals surface area contributed by atoms with Gasteiger partial charge in [0.15, 0.2) is 5.82 Å². The number of thioether (sulfide) groups is 1. The van der Waals surface area contributed by atoms with Crippen molar-refractivity contribution in [3.8, 4) is 11.4 Å². The molecule has 2 bridgehead atoms. The largest absolute Gasteiger partial charge is 0.353 e. The summed E-state index contributed by atoms with van der Waals surface area (Å²) in [4.78, 5) is 16.7. The van der Waals surface area contributed by atoms with Crippen LogP contribution in [0.3, 0.4) is 0 Å². The second-order valence-corrected chi connectivity index (χ2v) is 9.36. The van der Waals surface area contributed by atoms with E-state index in [0.29, 0.717) is 32.7 Å². The number of amides is 1. The molecular weight excluding hydrogens is 403 g/mol. The van der Waals surface area contributed by atoms with E-state index in [2.05, 4.69) is 27.4 Å². The van der Waals surface area contributed by atoms with E-state index in [9.17, 15) is 4.79 Å². The molecule has 2 saturated carbocycles. The number of hydrogen-bond acceptors (Lipinski definition) is 4. The van der Waals surface area contributed by atoms with Gasteiger partial charge in [-0.05, 0) is 62.1 Å². The summed E-state index contributed by atoms with van der Waals surface area (Å²) in [5.41, 5.74) is 0.731. The third-order valence-electron chi connectivity index (χ3n) is 5.81. The Morgan fingerprint density at radius 2 is 2.22 bits per heavy atom. The van der Waals surface area contributed by atoms with Gasteiger partial charge in [-0.2, -0.15) is 0 Å². The summed E-state index contributed by atoms with van der Waals surface area (Å²) in [6.45, 7) is 2.14. The summed E-state index contributed by atoms with van der Waals surface area (Å²) in [5.74, 6) is 3.23. The third kappa shape index (κ3) is 4.28. The lowest BCUT2D eigenvalue weighted by Gasteiger charge is -2.28. The number of fused-ring (bicyclic) bond motifs is 2. The van der Waals surface area contributed by atoms with Crippen molar-refractivity contribution in [3.63, 3.8) is 0 Å². The van der Waals surface area contributed by atoms with Gasteiger partial charge in [-0.3, -0.25) is 9.89 Å². The third-order valence-corrected chi connectivity index (χ3v) is 7.20. The molecule has 0 saturated heterocycles. The average Bonchev–Trinajstić information content (AvgIpc) is 3.36. The first-order valence-electron chi connectivity index (χ1n) is 9.29. The predicted molar refractivity (Wildman–Crippen MR) is 109 cm³/mol. The molecule has 4 atom stereocenters. The van der Waals surface area contributed by atoms with Gasteiger partial charge in [0, 0.05) is 16.6 Å². The first-order chi connectivity index (χ1) is 13.0. The first-order valence-corrected chi connectivity index (χ1v) is 11.0. The molecule has 8 heteroatoms. The molecule has 0 radical (unpaired) electrons. The van der Waals surface area contributed by atoms with Crippen molar-refractivity contribution < 1.29 is 4.79 Å². The van der Waals surface area contributed by atoms with E-state index in [4.69, 9.17) is 23.2 Å². The first kappa shape index (κ1) is 19.1. The van der Waals surface area contributed by atoms with Gasteiger partial charge in [-0.25, -0.2) is 4.98 Å². The molecule has 2 aliphatic rings. The molecule has 2 N–H and O–H groups in total. The van der Waals surface area contributed by atoms with Crippen LogP contribution in [0.1, 0.15) is 32.6 Å². The second-order valence-electron chi connectivity index (χ2n) is 7.57. The zero-order valence-electron chi connectivity index (χ0n) is 15.0. The van der Waals surface area contributed by atoms with Crippen molar-refractivity contribution >= 4 is 40.9 Å². The number of H-pyrrole nitrogens is 1. The van der Waals surface area contributed by atoms with Crippen LogP contribution in [0.5, 0.6) is 0 Å². The molecular formula is C19H22Cl2N4OS. The molecule has 0 unspecified atom stereocenters. The molecule has 0 spiro atoms. The van der Waals surface area contributed by atoms with Crippen molar-refractivity contribution in [1.29, 1.82) is 0 Å². The van der Waals surface area contributed by atoms with Crippen LogP contribution in [-0.2, 0) is 4.79 Å². The number of nitrogens with zero attached hydrogens (tertiary/aromatic N) is 2. The molecule has 27 heavy (non-hydrogen) atoms. The minimum absolute atomic E-state index is 0.0335. The Morgan fingerprint density at radius 3 is 2.93 bits per heavy atom. The van der Waals surface area contributed by atoms with E-state index in [1.54, 1.807) is 18.2 Å². The fraction of sp³-hybridized carbons (Fsp3) is 0.526. The number of nitrogens with one attached hydrogen (secondary N) is 2. The Labute approximate surface area is 173 Å². The zero-order chi connectivity index (χ0) is 19.0. The van der Waals surface area contributed by atoms with Crippen molar-refractivity contribution in [2.75, 3.05) is 5.75 Å². The number of halogens is 2. The highest BCUT2D eigenvalue weighted by molar-refractivity contribution is 7.99. The summed E-state index contributed by atoms with van der Waals surface area (Å²) < 4.78 is 0. The molecule has 0 aliphatic heterocycles. The Balaban J connectivity index is 1.30. The fourth-order valence-electron chi connectivity index (χ4n) is 4.55. The van der Waals surface area contributed by atoms with Gasteiger partial charge in [0.25, 0.3) is 0 Å². The maximum Gasteiger partial charge on any atom is 0.230 e. The molecule has 2 fully saturated rings. The molecule has 1 aromatic heterocycles. The number of benzene rings is 1. The number of hydrogen-bond donors (Lipinski definition) is 2. The lowest BCUT2D eigenvalue weighted by Crippen LogP contribution is -2.40. The number of rotatable bonds is 6. The summed E-state index contributed by atoms with van der Waals surface area (Å²) in [6, 6.07) is 5.45. The Bertz CT molecular complexity index is 843. The minimum atomic E-state index is 0.0335. The highest BCUT2D eigenvalue weighted by Crippen LogP contribution is 2.49. The van der Waals surface area contributed by atoms with E-state index in [0.717, 1.165) is 17.4 Å². The summed E-state index contributed by atoms with van der Waals surface area (Å²) in [6.07, 6.45) is 5.33. The molecule has 5 nitrogen and oxygen atoms in total. The molecule has 1 amide bonds. The maximum absolute atomic E-state index is 12.3. The average molecular weight is 425 g/mol. The summed E-state index contributed by atoms with van der Waals surface area (Å²) in [7, 11) is 0. The van der Waals surface area contributed by atoms with E-state index in [1.165, 1.54) is 37.4 Å². The molecule has 4 rings (SSSR count). The molecule has 2 aromatic rings. The Hall–Kier alpha value is -1.24. The number of aromatic amines is 1. The van der Waals surface area contributed by atoms with Gasteiger partial charge in [0.1, 0.15) is 0 Å². The van der Waals surface area contributed by atoms with Gasteiger partial charge >= 0.3 is 0 Å². The van der Waals surface area contributed by atoms with E-state index < -0.39 is 0 Å². The normalized spacial score (nSPS) is 24.9. The number of carbonyl (C=O) groups excluding carboxylic acids is 1. The van der Waals surface area contributed by atoms with Crippen molar-refractivity contribution in [3.05, 3.63) is 28.2 Å². The summed E-state index contributed by atoms with van der Waals surface area (Å²) in [5, 5.41) is 11.8. The van der Waals surface area contributed by atoms with Gasteiger partial charge in [0.05, 0.1) is 10.8 Å². The van der Waals surface area contributed by atoms with Crippen LogP contribution >= 0.6 is 35.0 Å². The molecule has 144 valence electrons. The highest BCUT2D eigenvalue weighted by atomic mass is 35.5. The van der Waals surface area contributed by atoms with Crippen LogP contribution in [0.25, 0.3) is 11.4 Å². The second kappa shape index (κ2) is 8.02. The predicted octanol–water partition coefficient (Wildman–Crippen LogP) is 4.81. The van der Waals surface area contributed by atoms with Crippen molar-refractivity contribution in [2.24, 2.45) is 17.8 Å². The lowest BCUT2D eigenvalue weighted by molar-refractivity contribution is -0.119. The zero-order valence-corrected chi connectivity index (χ0v) is 17.4. The maximum atomic E-state index is 12.3. The Morgan fingerprint density at radius 1 is 1.37 bits per heavy atom. The van der Waals surface area contributed by atoms with Crippen LogP contribution in [0, 0.1) is 17.8 Å². The van der Waals surface area contributed by atoms with Crippen LogP contribution in [0.4, 0.5) is 0 Å². The van der Waals surface area contributed by atoms with Gasteiger partial charge in [-0.15, -0.1) is 5.10 Å². The quantitative estimate of drug-likeness (QED) is 0.652. The molecule has 1 heterocycles. The van der Waals surface area contributed by atoms with Crippen molar-refractivity contribution in [1.82, 2.24) is 20.5 Å². The van der Waals surface area contributed by atoms with E-state index in [-0.39, 0.29) is 11.9 Å². The van der Waals surface area contributed by atoms with Gasteiger partial charge in [-0.1, -0.05) is 41.4 Å². The van der Waals surface area contributed by atoms with Crippen LogP contribution in [0.15, 0.2) is 23.4 Å². The fourth-order valence-corrected chi connectivity index (χ4v) is 5.66. The van der Waals surface area contributed by atoms with Crippen LogP contribution < -0.4 is 5.32 Å². The van der Waals surface area contributed by atoms with Crippen molar-refractivity contribution in [2.45, 2.75) is 43.8 Å². The van der Waals surface area contributed by atoms with E-state index >= 15 is 0 Å². The number of carbonyl (C=O) groups is 1. The van der Waals surface area contributed by atoms with E-state index in [1.807, 2.05) is 0 Å². The van der Waals surface area contributed by atoms with Crippen LogP contribution in [0.2, 0.25) is 10.0 Å². The van der Waals surface area contributed by atoms with Crippen LogP contribution in [-0.4, -0.2) is 32.9 Å². The van der Waals surface area contributed by atoms with Gasteiger partial charge < -0.3 is 5.32 Å². The standard InChI is InChI=1S/C19H22Cl2N4OS/c1-10(15-7-11-2-3-12(15)6-11)22-17(26)9-27-19-23-18(24-25-19)14-5-4-13(20)8-16(14)21/h4-5,8,10-12,15H,2-3,6-7,9H2,1H3,(H,22,26)(H,23,24,25)/t10-,11-,12-,15-/m0/s1. The lowest BCUT2D eigenvalue weighted by atomic mass is 9.84. The SMILES string of the molecule is C[C@H](NC(=O)CSc1n[nH]c(-c2ccc(Cl)cc2Cl)n1)[C@@H]1C[C@H]2CC[C@H]1C2. The monoisotopic (exact) mass is 424 g/mol. The Kier molecular flexibility index (Phi) is 5.67. The highest BCUT2D eigenvalue weighted by Gasteiger charge is 2.42. The summed E-state index contributed by atoms with van der Waals surface area (Å²) >= 11 is 13.4. The number of aromatic nitrogens is 3. The van der Waals surface area contributed by atoms with Gasteiger partial charge in [0.2, 0.25) is 11.1 Å². The smallest absolute Gasteiger partial charge is 0.230 e. The minimum Gasteiger partial charge on any atom is -0.353 e. The topological polar surface area (TPSA) is 70.7 Å². The molecule has 1 aromatic carbocycles.